The SMILES string of the molecule is CC(C)O[C@@]1(CBr)CCOC1. The Labute approximate surface area is 76.4 Å². The predicted molar refractivity (Wildman–Crippen MR) is 48.2 cm³/mol. The number of hydrogen-bond donors (Lipinski definition) is 0. The van der Waals surface area contributed by atoms with Gasteiger partial charge in [-0.15, -0.1) is 0 Å². The molecule has 0 spiro atoms. The Morgan fingerprint density at radius 2 is 2.36 bits per heavy atom. The van der Waals surface area contributed by atoms with E-state index in [1.165, 1.54) is 0 Å². The molecule has 0 aromatic heterocycles. The normalized spacial score (nSPS) is 31.6. The van der Waals surface area contributed by atoms with Gasteiger partial charge >= 0.3 is 0 Å². The van der Waals surface area contributed by atoms with Crippen LogP contribution in [0.15, 0.2) is 0 Å². The molecule has 1 atom stereocenters. The Morgan fingerprint density at radius 3 is 2.73 bits per heavy atom. The largest absolute Gasteiger partial charge is 0.378 e. The number of ether oxygens (including phenoxy) is 2. The minimum Gasteiger partial charge on any atom is -0.378 e. The summed E-state index contributed by atoms with van der Waals surface area (Å²) in [6, 6.07) is 0. The maximum atomic E-state index is 5.78. The molecular weight excluding hydrogens is 208 g/mol. The van der Waals surface area contributed by atoms with Crippen molar-refractivity contribution in [2.75, 3.05) is 18.5 Å². The van der Waals surface area contributed by atoms with Crippen molar-refractivity contribution in [3.05, 3.63) is 0 Å². The first-order valence-corrected chi connectivity index (χ1v) is 5.12. The highest BCUT2D eigenvalue weighted by Crippen LogP contribution is 2.26. The van der Waals surface area contributed by atoms with Crippen LogP contribution >= 0.6 is 15.9 Å². The average Bonchev–Trinajstić information content (AvgIpc) is 2.36. The molecule has 1 saturated heterocycles. The molecule has 0 N–H and O–H groups in total. The van der Waals surface area contributed by atoms with Gasteiger partial charge in [0.15, 0.2) is 0 Å². The molecule has 11 heavy (non-hydrogen) atoms. The Bertz CT molecular complexity index is 119. The lowest BCUT2D eigenvalue weighted by Crippen LogP contribution is -2.37. The Balaban J connectivity index is 2.45. The lowest BCUT2D eigenvalue weighted by molar-refractivity contribution is -0.0653. The molecule has 0 bridgehead atoms. The monoisotopic (exact) mass is 222 g/mol. The van der Waals surface area contributed by atoms with E-state index in [0.29, 0.717) is 0 Å². The third-order valence-corrected chi connectivity index (χ3v) is 2.82. The van der Waals surface area contributed by atoms with E-state index in [4.69, 9.17) is 9.47 Å². The topological polar surface area (TPSA) is 18.5 Å². The van der Waals surface area contributed by atoms with Crippen LogP contribution in [0.5, 0.6) is 0 Å². The van der Waals surface area contributed by atoms with Gasteiger partial charge < -0.3 is 9.47 Å². The van der Waals surface area contributed by atoms with Crippen LogP contribution in [0.2, 0.25) is 0 Å². The van der Waals surface area contributed by atoms with Gasteiger partial charge in [0.25, 0.3) is 0 Å². The second kappa shape index (κ2) is 3.87. The maximum absolute atomic E-state index is 5.78. The van der Waals surface area contributed by atoms with Crippen molar-refractivity contribution in [2.45, 2.75) is 32.0 Å². The standard InChI is InChI=1S/C8H15BrO2/c1-7(2)11-8(5-9)3-4-10-6-8/h7H,3-6H2,1-2H3/t8-/m1/s1. The van der Waals surface area contributed by atoms with Crippen LogP contribution in [-0.2, 0) is 9.47 Å². The first-order valence-electron chi connectivity index (χ1n) is 4.00. The molecule has 1 aliphatic rings. The molecule has 0 amide bonds. The summed E-state index contributed by atoms with van der Waals surface area (Å²) in [6.07, 6.45) is 1.30. The minimum atomic E-state index is -0.0475. The molecule has 1 heterocycles. The highest BCUT2D eigenvalue weighted by Gasteiger charge is 2.35. The van der Waals surface area contributed by atoms with Gasteiger partial charge in [-0.05, 0) is 13.8 Å². The van der Waals surface area contributed by atoms with Crippen LogP contribution < -0.4 is 0 Å². The lowest BCUT2D eigenvalue weighted by Gasteiger charge is -2.27. The van der Waals surface area contributed by atoms with Crippen LogP contribution in [0.3, 0.4) is 0 Å². The van der Waals surface area contributed by atoms with E-state index in [-0.39, 0.29) is 11.7 Å². The van der Waals surface area contributed by atoms with Gasteiger partial charge in [-0.2, -0.15) is 0 Å². The van der Waals surface area contributed by atoms with Crippen molar-refractivity contribution in [1.82, 2.24) is 0 Å². The molecule has 1 aliphatic heterocycles. The van der Waals surface area contributed by atoms with Crippen molar-refractivity contribution >= 4 is 15.9 Å². The van der Waals surface area contributed by atoms with Crippen molar-refractivity contribution in [1.29, 1.82) is 0 Å². The van der Waals surface area contributed by atoms with E-state index in [9.17, 15) is 0 Å². The van der Waals surface area contributed by atoms with E-state index >= 15 is 0 Å². The smallest absolute Gasteiger partial charge is 0.104 e. The Morgan fingerprint density at radius 1 is 1.64 bits per heavy atom. The third-order valence-electron chi connectivity index (χ3n) is 1.80. The summed E-state index contributed by atoms with van der Waals surface area (Å²) in [4.78, 5) is 0. The van der Waals surface area contributed by atoms with Crippen molar-refractivity contribution < 1.29 is 9.47 Å². The molecule has 3 heteroatoms. The van der Waals surface area contributed by atoms with Crippen LogP contribution in [-0.4, -0.2) is 30.2 Å². The summed E-state index contributed by atoms with van der Waals surface area (Å²) >= 11 is 3.46. The Hall–Kier alpha value is 0.400. The minimum absolute atomic E-state index is 0.0475. The highest BCUT2D eigenvalue weighted by molar-refractivity contribution is 9.09. The van der Waals surface area contributed by atoms with Gasteiger partial charge in [0.2, 0.25) is 0 Å². The zero-order valence-corrected chi connectivity index (χ0v) is 8.69. The number of hydrogen-bond acceptors (Lipinski definition) is 2. The summed E-state index contributed by atoms with van der Waals surface area (Å²) in [5.41, 5.74) is -0.0475. The molecule has 66 valence electrons. The van der Waals surface area contributed by atoms with Gasteiger partial charge in [0, 0.05) is 18.4 Å². The van der Waals surface area contributed by atoms with Crippen LogP contribution in [0, 0.1) is 0 Å². The molecule has 0 aliphatic carbocycles. The molecule has 0 radical (unpaired) electrons. The molecule has 0 aromatic carbocycles. The molecule has 1 rings (SSSR count). The van der Waals surface area contributed by atoms with Crippen LogP contribution in [0.25, 0.3) is 0 Å². The number of rotatable bonds is 3. The molecule has 0 saturated carbocycles. The molecule has 0 unspecified atom stereocenters. The maximum Gasteiger partial charge on any atom is 0.104 e. The Kier molecular flexibility index (Phi) is 3.34. The van der Waals surface area contributed by atoms with E-state index in [2.05, 4.69) is 29.8 Å². The summed E-state index contributed by atoms with van der Waals surface area (Å²) in [5.74, 6) is 0. The highest BCUT2D eigenvalue weighted by atomic mass is 79.9. The quantitative estimate of drug-likeness (QED) is 0.681. The molecule has 2 nitrogen and oxygen atoms in total. The fourth-order valence-corrected chi connectivity index (χ4v) is 1.89. The first kappa shape index (κ1) is 9.49. The summed E-state index contributed by atoms with van der Waals surface area (Å²) in [7, 11) is 0. The van der Waals surface area contributed by atoms with Gasteiger partial charge in [-0.1, -0.05) is 15.9 Å². The fraction of sp³-hybridized carbons (Fsp3) is 1.00. The molecular formula is C8H15BrO2. The van der Waals surface area contributed by atoms with Crippen molar-refractivity contribution in [3.63, 3.8) is 0 Å². The van der Waals surface area contributed by atoms with Crippen molar-refractivity contribution in [3.8, 4) is 0 Å². The van der Waals surface area contributed by atoms with Crippen molar-refractivity contribution in [2.24, 2.45) is 0 Å². The summed E-state index contributed by atoms with van der Waals surface area (Å²) in [5, 5.41) is 0.873. The predicted octanol–water partition coefficient (Wildman–Crippen LogP) is 1.97. The van der Waals surface area contributed by atoms with Crippen LogP contribution in [0.4, 0.5) is 0 Å². The summed E-state index contributed by atoms with van der Waals surface area (Å²) in [6.45, 7) is 5.68. The van der Waals surface area contributed by atoms with E-state index in [1.807, 2.05) is 0 Å². The average molecular weight is 223 g/mol. The molecule has 0 aromatic rings. The van der Waals surface area contributed by atoms with Crippen LogP contribution in [0.1, 0.15) is 20.3 Å². The van der Waals surface area contributed by atoms with Gasteiger partial charge in [0.1, 0.15) is 5.60 Å². The molecule has 1 fully saturated rings. The summed E-state index contributed by atoms with van der Waals surface area (Å²) < 4.78 is 11.1. The number of alkyl halides is 1. The zero-order chi connectivity index (χ0) is 8.32. The number of halogens is 1. The lowest BCUT2D eigenvalue weighted by atomic mass is 10.1. The van der Waals surface area contributed by atoms with Gasteiger partial charge in [-0.3, -0.25) is 0 Å². The fourth-order valence-electron chi connectivity index (χ4n) is 1.32. The first-order chi connectivity index (χ1) is 5.18. The third kappa shape index (κ3) is 2.42. The van der Waals surface area contributed by atoms with E-state index in [1.54, 1.807) is 0 Å². The van der Waals surface area contributed by atoms with E-state index < -0.39 is 0 Å². The van der Waals surface area contributed by atoms with Gasteiger partial charge in [0.05, 0.1) is 12.7 Å². The zero-order valence-electron chi connectivity index (χ0n) is 7.10. The van der Waals surface area contributed by atoms with Gasteiger partial charge in [-0.25, -0.2) is 0 Å². The van der Waals surface area contributed by atoms with E-state index in [0.717, 1.165) is 25.0 Å². The second-order valence-corrected chi connectivity index (χ2v) is 3.85. The second-order valence-electron chi connectivity index (χ2n) is 3.29.